The minimum Gasteiger partial charge on any atom is -0.383 e. The quantitative estimate of drug-likeness (QED) is 0.856. The number of carbonyl (C=O) groups is 1. The van der Waals surface area contributed by atoms with Gasteiger partial charge in [0.2, 0.25) is 0 Å². The van der Waals surface area contributed by atoms with Crippen LogP contribution in [-0.4, -0.2) is 16.1 Å². The van der Waals surface area contributed by atoms with Crippen LogP contribution in [0.5, 0.6) is 0 Å². The zero-order chi connectivity index (χ0) is 14.0. The molecule has 0 saturated carbocycles. The molecule has 4 heteroatoms. The van der Waals surface area contributed by atoms with Gasteiger partial charge in [-0.1, -0.05) is 30.7 Å². The molecule has 0 amide bonds. The summed E-state index contributed by atoms with van der Waals surface area (Å²) in [6.45, 7) is 6.84. The average molecular weight is 257 g/mol. The van der Waals surface area contributed by atoms with Crippen molar-refractivity contribution in [1.82, 2.24) is 9.78 Å². The summed E-state index contributed by atoms with van der Waals surface area (Å²) in [5.41, 5.74) is 10.4. The van der Waals surface area contributed by atoms with E-state index >= 15 is 0 Å². The highest BCUT2D eigenvalue weighted by Crippen LogP contribution is 2.29. The molecule has 1 heterocycles. The third-order valence-corrected chi connectivity index (χ3v) is 3.22. The Bertz CT molecular complexity index is 614. The van der Waals surface area contributed by atoms with Crippen LogP contribution in [0.15, 0.2) is 18.2 Å². The molecule has 4 nitrogen and oxygen atoms in total. The van der Waals surface area contributed by atoms with Gasteiger partial charge in [0.05, 0.1) is 5.56 Å². The van der Waals surface area contributed by atoms with Gasteiger partial charge >= 0.3 is 0 Å². The van der Waals surface area contributed by atoms with Crippen molar-refractivity contribution in [3.63, 3.8) is 0 Å². The number of rotatable bonds is 4. The average Bonchev–Trinajstić information content (AvgIpc) is 2.67. The molecule has 0 spiro atoms. The van der Waals surface area contributed by atoms with E-state index in [1.54, 1.807) is 4.68 Å². The van der Waals surface area contributed by atoms with Crippen molar-refractivity contribution in [2.75, 3.05) is 5.73 Å². The molecule has 2 rings (SSSR count). The Morgan fingerprint density at radius 2 is 2.11 bits per heavy atom. The fraction of sp³-hybridized carbons (Fsp3) is 0.333. The van der Waals surface area contributed by atoms with E-state index in [0.717, 1.165) is 30.4 Å². The normalized spacial score (nSPS) is 10.7. The maximum Gasteiger partial charge on any atom is 0.156 e. The van der Waals surface area contributed by atoms with Crippen molar-refractivity contribution in [2.24, 2.45) is 0 Å². The number of nitrogen functional groups attached to an aromatic ring is 1. The summed E-state index contributed by atoms with van der Waals surface area (Å²) in [4.78, 5) is 11.3. The Balaban J connectivity index is 2.61. The Hall–Kier alpha value is -2.10. The number of benzene rings is 1. The first-order chi connectivity index (χ1) is 9.08. The highest BCUT2D eigenvalue weighted by atomic mass is 16.1. The Morgan fingerprint density at radius 1 is 1.37 bits per heavy atom. The molecule has 0 saturated heterocycles. The predicted octanol–water partition coefficient (Wildman–Crippen LogP) is 2.97. The molecule has 2 aromatic rings. The van der Waals surface area contributed by atoms with Gasteiger partial charge in [-0.25, -0.2) is 4.68 Å². The molecule has 0 bridgehead atoms. The van der Waals surface area contributed by atoms with E-state index in [1.807, 2.05) is 26.0 Å². The number of aryl methyl sites for hydroxylation is 3. The van der Waals surface area contributed by atoms with Crippen molar-refractivity contribution in [1.29, 1.82) is 0 Å². The van der Waals surface area contributed by atoms with Gasteiger partial charge in [0.15, 0.2) is 6.29 Å². The van der Waals surface area contributed by atoms with Gasteiger partial charge in [0.25, 0.3) is 0 Å². The van der Waals surface area contributed by atoms with Crippen LogP contribution in [0.25, 0.3) is 11.3 Å². The van der Waals surface area contributed by atoms with E-state index in [2.05, 4.69) is 18.1 Å². The lowest BCUT2D eigenvalue weighted by molar-refractivity contribution is 0.112. The second-order valence-electron chi connectivity index (χ2n) is 4.81. The van der Waals surface area contributed by atoms with Gasteiger partial charge < -0.3 is 5.73 Å². The second kappa shape index (κ2) is 5.26. The summed E-state index contributed by atoms with van der Waals surface area (Å²) < 4.78 is 1.71. The monoisotopic (exact) mass is 257 g/mol. The molecule has 0 fully saturated rings. The summed E-state index contributed by atoms with van der Waals surface area (Å²) in [7, 11) is 0. The molecular weight excluding hydrogens is 238 g/mol. The lowest BCUT2D eigenvalue weighted by Gasteiger charge is -2.04. The number of hydrogen-bond donors (Lipinski definition) is 1. The van der Waals surface area contributed by atoms with Crippen LogP contribution in [-0.2, 0) is 6.54 Å². The zero-order valence-corrected chi connectivity index (χ0v) is 11.6. The van der Waals surface area contributed by atoms with Crippen LogP contribution >= 0.6 is 0 Å². The highest BCUT2D eigenvalue weighted by Gasteiger charge is 2.17. The molecule has 0 aliphatic carbocycles. The zero-order valence-electron chi connectivity index (χ0n) is 11.6. The van der Waals surface area contributed by atoms with Crippen LogP contribution in [0.4, 0.5) is 5.82 Å². The van der Waals surface area contributed by atoms with Gasteiger partial charge in [-0.05, 0) is 25.8 Å². The smallest absolute Gasteiger partial charge is 0.156 e. The van der Waals surface area contributed by atoms with Crippen molar-refractivity contribution >= 4 is 12.1 Å². The van der Waals surface area contributed by atoms with Gasteiger partial charge in [0.1, 0.15) is 11.5 Å². The maximum atomic E-state index is 11.3. The minimum absolute atomic E-state index is 0.451. The number of carbonyl (C=O) groups excluding carboxylic acids is 1. The number of aldehydes is 1. The number of nitrogens with zero attached hydrogens (tertiary/aromatic N) is 2. The molecule has 0 aliphatic heterocycles. The van der Waals surface area contributed by atoms with Crippen LogP contribution in [0.3, 0.4) is 0 Å². The van der Waals surface area contributed by atoms with E-state index in [0.29, 0.717) is 17.1 Å². The van der Waals surface area contributed by atoms with E-state index in [9.17, 15) is 4.79 Å². The molecule has 0 radical (unpaired) electrons. The first-order valence-electron chi connectivity index (χ1n) is 6.47. The molecule has 19 heavy (non-hydrogen) atoms. The Kier molecular flexibility index (Phi) is 3.69. The molecule has 2 N–H and O–H groups in total. The fourth-order valence-corrected chi connectivity index (χ4v) is 2.27. The van der Waals surface area contributed by atoms with Gasteiger partial charge in [-0.2, -0.15) is 5.10 Å². The lowest BCUT2D eigenvalue weighted by Crippen LogP contribution is -2.04. The minimum atomic E-state index is 0.451. The van der Waals surface area contributed by atoms with E-state index in [-0.39, 0.29) is 0 Å². The van der Waals surface area contributed by atoms with E-state index in [4.69, 9.17) is 5.73 Å². The summed E-state index contributed by atoms with van der Waals surface area (Å²) in [6, 6.07) is 6.10. The Labute approximate surface area is 113 Å². The van der Waals surface area contributed by atoms with Crippen molar-refractivity contribution in [3.05, 3.63) is 34.9 Å². The summed E-state index contributed by atoms with van der Waals surface area (Å²) in [5.74, 6) is 0.451. The van der Waals surface area contributed by atoms with Crippen LogP contribution in [0.2, 0.25) is 0 Å². The first-order valence-corrected chi connectivity index (χ1v) is 6.47. The van der Waals surface area contributed by atoms with Gasteiger partial charge in [-0.15, -0.1) is 0 Å². The third kappa shape index (κ3) is 2.38. The molecule has 0 unspecified atom stereocenters. The lowest BCUT2D eigenvalue weighted by atomic mass is 10.0. The number of anilines is 1. The van der Waals surface area contributed by atoms with Crippen LogP contribution in [0.1, 0.15) is 34.8 Å². The Morgan fingerprint density at radius 3 is 2.68 bits per heavy atom. The largest absolute Gasteiger partial charge is 0.383 e. The first kappa shape index (κ1) is 13.3. The summed E-state index contributed by atoms with van der Waals surface area (Å²) in [6.07, 6.45) is 1.72. The van der Waals surface area contributed by atoms with Crippen molar-refractivity contribution in [3.8, 4) is 11.3 Å². The van der Waals surface area contributed by atoms with Gasteiger partial charge in [-0.3, -0.25) is 4.79 Å². The molecule has 1 aromatic heterocycles. The molecular formula is C15H19N3O. The summed E-state index contributed by atoms with van der Waals surface area (Å²) >= 11 is 0. The SMILES string of the molecule is CCCn1nc(-c2ccc(C)cc2C)c(C=O)c1N. The second-order valence-corrected chi connectivity index (χ2v) is 4.81. The molecule has 0 aliphatic rings. The summed E-state index contributed by atoms with van der Waals surface area (Å²) in [5, 5.41) is 4.49. The van der Waals surface area contributed by atoms with Crippen LogP contribution in [0, 0.1) is 13.8 Å². The maximum absolute atomic E-state index is 11.3. The van der Waals surface area contributed by atoms with Crippen molar-refractivity contribution in [2.45, 2.75) is 33.7 Å². The van der Waals surface area contributed by atoms with E-state index < -0.39 is 0 Å². The highest BCUT2D eigenvalue weighted by molar-refractivity contribution is 5.92. The topological polar surface area (TPSA) is 60.9 Å². The number of aromatic nitrogens is 2. The third-order valence-electron chi connectivity index (χ3n) is 3.22. The number of hydrogen-bond acceptors (Lipinski definition) is 3. The predicted molar refractivity (Wildman–Crippen MR) is 77.2 cm³/mol. The number of nitrogens with two attached hydrogens (primary N) is 1. The molecule has 1 aromatic carbocycles. The molecule has 100 valence electrons. The van der Waals surface area contributed by atoms with Crippen molar-refractivity contribution < 1.29 is 4.79 Å². The van der Waals surface area contributed by atoms with E-state index in [1.165, 1.54) is 5.56 Å². The standard InChI is InChI=1S/C15H19N3O/c1-4-7-18-15(16)13(9-19)14(17-18)12-6-5-10(2)8-11(12)3/h5-6,8-9H,4,7,16H2,1-3H3. The molecule has 0 atom stereocenters. The fourth-order valence-electron chi connectivity index (χ4n) is 2.27. The van der Waals surface area contributed by atoms with Crippen LogP contribution < -0.4 is 5.73 Å². The van der Waals surface area contributed by atoms with Gasteiger partial charge in [0, 0.05) is 12.1 Å².